The zero-order valence-electron chi connectivity index (χ0n) is 6.73. The van der Waals surface area contributed by atoms with E-state index in [1.54, 1.807) is 6.20 Å². The van der Waals surface area contributed by atoms with Gasteiger partial charge in [-0.05, 0) is 12.8 Å². The number of thiazole rings is 1. The minimum absolute atomic E-state index is 0.0438. The molecule has 66 valence electrons. The van der Waals surface area contributed by atoms with Crippen molar-refractivity contribution >= 4 is 11.3 Å². The monoisotopic (exact) mass is 184 g/mol. The summed E-state index contributed by atoms with van der Waals surface area (Å²) in [6.07, 6.45) is 3.34. The van der Waals surface area contributed by atoms with E-state index in [4.69, 9.17) is 5.73 Å². The molecular weight excluding hydrogens is 172 g/mol. The summed E-state index contributed by atoms with van der Waals surface area (Å²) in [5.41, 5.74) is 5.55. The Labute approximate surface area is 75.2 Å². The second-order valence-electron chi connectivity index (χ2n) is 3.34. The molecule has 1 heterocycles. The first-order valence-corrected chi connectivity index (χ1v) is 4.94. The van der Waals surface area contributed by atoms with E-state index in [2.05, 4.69) is 4.98 Å². The fourth-order valence-electron chi connectivity index (χ4n) is 1.38. The van der Waals surface area contributed by atoms with Gasteiger partial charge in [-0.15, -0.1) is 11.3 Å². The van der Waals surface area contributed by atoms with Crippen molar-refractivity contribution in [2.75, 3.05) is 6.54 Å². The Kier molecular flexibility index (Phi) is 1.90. The van der Waals surface area contributed by atoms with Crippen LogP contribution in [0.25, 0.3) is 0 Å². The summed E-state index contributed by atoms with van der Waals surface area (Å²) in [6.45, 7) is 0.563. The molecule has 4 heteroatoms. The molecule has 1 aromatic rings. The lowest BCUT2D eigenvalue weighted by Crippen LogP contribution is -2.23. The van der Waals surface area contributed by atoms with Crippen molar-refractivity contribution in [1.82, 2.24) is 4.98 Å². The lowest BCUT2D eigenvalue weighted by Gasteiger charge is -2.17. The van der Waals surface area contributed by atoms with Gasteiger partial charge in [0, 0.05) is 23.5 Å². The maximum Gasteiger partial charge on any atom is 0.122 e. The predicted molar refractivity (Wildman–Crippen MR) is 47.8 cm³/mol. The smallest absolute Gasteiger partial charge is 0.122 e. The van der Waals surface area contributed by atoms with Crippen LogP contribution in [-0.2, 0) is 0 Å². The Bertz CT molecular complexity index is 256. The van der Waals surface area contributed by atoms with E-state index in [0.29, 0.717) is 6.54 Å². The molecule has 1 saturated carbocycles. The molecule has 1 aliphatic rings. The van der Waals surface area contributed by atoms with E-state index in [-0.39, 0.29) is 5.41 Å². The predicted octanol–water partition coefficient (Wildman–Crippen LogP) is 0.915. The van der Waals surface area contributed by atoms with Gasteiger partial charge in [0.1, 0.15) is 11.1 Å². The maximum absolute atomic E-state index is 9.87. The number of aliphatic hydroxyl groups excluding tert-OH is 1. The van der Waals surface area contributed by atoms with Crippen molar-refractivity contribution < 1.29 is 5.11 Å². The summed E-state index contributed by atoms with van der Waals surface area (Å²) in [5.74, 6) is 0. The molecule has 0 bridgehead atoms. The molecule has 1 aliphatic carbocycles. The number of aliphatic hydroxyl groups is 1. The molecule has 0 radical (unpaired) electrons. The Balaban J connectivity index is 2.15. The third kappa shape index (κ3) is 1.16. The maximum atomic E-state index is 9.87. The number of hydrogen-bond acceptors (Lipinski definition) is 4. The second-order valence-corrected chi connectivity index (χ2v) is 4.27. The van der Waals surface area contributed by atoms with Crippen LogP contribution in [0.3, 0.4) is 0 Å². The zero-order valence-corrected chi connectivity index (χ0v) is 7.55. The van der Waals surface area contributed by atoms with Gasteiger partial charge in [-0.25, -0.2) is 4.98 Å². The van der Waals surface area contributed by atoms with E-state index in [9.17, 15) is 5.11 Å². The van der Waals surface area contributed by atoms with Crippen LogP contribution in [-0.4, -0.2) is 16.6 Å². The number of nitrogens with zero attached hydrogens (tertiary/aromatic N) is 1. The van der Waals surface area contributed by atoms with Crippen molar-refractivity contribution in [1.29, 1.82) is 0 Å². The van der Waals surface area contributed by atoms with Crippen molar-refractivity contribution in [2.24, 2.45) is 11.1 Å². The van der Waals surface area contributed by atoms with Crippen LogP contribution in [0, 0.1) is 5.41 Å². The van der Waals surface area contributed by atoms with Gasteiger partial charge in [-0.2, -0.15) is 0 Å². The molecule has 1 atom stereocenters. The first-order chi connectivity index (χ1) is 5.78. The van der Waals surface area contributed by atoms with Gasteiger partial charge in [0.15, 0.2) is 0 Å². The average Bonchev–Trinajstić information content (AvgIpc) is 2.71. The van der Waals surface area contributed by atoms with Crippen LogP contribution in [0.1, 0.15) is 24.0 Å². The summed E-state index contributed by atoms with van der Waals surface area (Å²) in [6, 6.07) is 0. The Morgan fingerprint density at radius 2 is 2.50 bits per heavy atom. The highest BCUT2D eigenvalue weighted by molar-refractivity contribution is 7.09. The van der Waals surface area contributed by atoms with Gasteiger partial charge in [0.2, 0.25) is 0 Å². The summed E-state index contributed by atoms with van der Waals surface area (Å²) in [5, 5.41) is 12.6. The molecule has 1 fully saturated rings. The number of hydrogen-bond donors (Lipinski definition) is 2. The molecule has 0 saturated heterocycles. The fourth-order valence-corrected chi connectivity index (χ4v) is 2.14. The highest BCUT2D eigenvalue weighted by Crippen LogP contribution is 2.54. The Hall–Kier alpha value is -0.450. The van der Waals surface area contributed by atoms with Gasteiger partial charge < -0.3 is 10.8 Å². The van der Waals surface area contributed by atoms with Gasteiger partial charge in [-0.3, -0.25) is 0 Å². The van der Waals surface area contributed by atoms with E-state index in [1.165, 1.54) is 11.3 Å². The normalized spacial score (nSPS) is 22.2. The first-order valence-electron chi connectivity index (χ1n) is 4.06. The van der Waals surface area contributed by atoms with Crippen LogP contribution < -0.4 is 5.73 Å². The molecule has 3 nitrogen and oxygen atoms in total. The molecular formula is C8H12N2OS. The van der Waals surface area contributed by atoms with Crippen LogP contribution in [0.15, 0.2) is 11.6 Å². The van der Waals surface area contributed by atoms with Crippen LogP contribution >= 0.6 is 11.3 Å². The van der Waals surface area contributed by atoms with Gasteiger partial charge in [-0.1, -0.05) is 0 Å². The van der Waals surface area contributed by atoms with Crippen LogP contribution in [0.2, 0.25) is 0 Å². The third-order valence-corrected chi connectivity index (χ3v) is 3.39. The van der Waals surface area contributed by atoms with Gasteiger partial charge >= 0.3 is 0 Å². The molecule has 12 heavy (non-hydrogen) atoms. The fraction of sp³-hybridized carbons (Fsp3) is 0.625. The summed E-state index contributed by atoms with van der Waals surface area (Å²) in [4.78, 5) is 4.08. The molecule has 0 spiro atoms. The summed E-state index contributed by atoms with van der Waals surface area (Å²) < 4.78 is 0. The van der Waals surface area contributed by atoms with Crippen molar-refractivity contribution in [3.05, 3.63) is 16.6 Å². The van der Waals surface area contributed by atoms with Crippen molar-refractivity contribution in [2.45, 2.75) is 18.9 Å². The van der Waals surface area contributed by atoms with Crippen LogP contribution in [0.5, 0.6) is 0 Å². The van der Waals surface area contributed by atoms with Crippen molar-refractivity contribution in [3.8, 4) is 0 Å². The highest BCUT2D eigenvalue weighted by atomic mass is 32.1. The largest absolute Gasteiger partial charge is 0.385 e. The number of aromatic nitrogens is 1. The van der Waals surface area contributed by atoms with Gasteiger partial charge in [0.05, 0.1) is 0 Å². The molecule has 1 unspecified atom stereocenters. The molecule has 2 rings (SSSR count). The van der Waals surface area contributed by atoms with E-state index in [1.807, 2.05) is 5.38 Å². The van der Waals surface area contributed by atoms with E-state index < -0.39 is 6.10 Å². The standard InChI is InChI=1S/C8H12N2OS/c9-5-8(1-2-8)6(11)7-10-3-4-12-7/h3-4,6,11H,1-2,5,9H2. The van der Waals surface area contributed by atoms with Crippen LogP contribution in [0.4, 0.5) is 0 Å². The topological polar surface area (TPSA) is 59.1 Å². The quantitative estimate of drug-likeness (QED) is 0.734. The molecule has 1 aromatic heterocycles. The van der Waals surface area contributed by atoms with Crippen molar-refractivity contribution in [3.63, 3.8) is 0 Å². The lowest BCUT2D eigenvalue weighted by atomic mass is 10.0. The zero-order chi connectivity index (χ0) is 8.60. The lowest BCUT2D eigenvalue weighted by molar-refractivity contribution is 0.0972. The van der Waals surface area contributed by atoms with Gasteiger partial charge in [0.25, 0.3) is 0 Å². The number of rotatable bonds is 3. The molecule has 3 N–H and O–H groups in total. The molecule has 0 aromatic carbocycles. The molecule has 0 amide bonds. The third-order valence-electron chi connectivity index (χ3n) is 2.56. The summed E-state index contributed by atoms with van der Waals surface area (Å²) >= 11 is 1.50. The first kappa shape index (κ1) is 8.16. The molecule has 0 aliphatic heterocycles. The Morgan fingerprint density at radius 3 is 2.92 bits per heavy atom. The average molecular weight is 184 g/mol. The number of nitrogens with two attached hydrogens (primary N) is 1. The second kappa shape index (κ2) is 2.80. The minimum atomic E-state index is -0.442. The van der Waals surface area contributed by atoms with E-state index >= 15 is 0 Å². The SMILES string of the molecule is NCC1(C(O)c2nccs2)CC1. The summed E-state index contributed by atoms with van der Waals surface area (Å²) in [7, 11) is 0. The minimum Gasteiger partial charge on any atom is -0.385 e. The Morgan fingerprint density at radius 1 is 1.75 bits per heavy atom. The van der Waals surface area contributed by atoms with E-state index in [0.717, 1.165) is 17.8 Å². The highest BCUT2D eigenvalue weighted by Gasteiger charge is 2.49.